The van der Waals surface area contributed by atoms with Gasteiger partial charge >= 0.3 is 6.03 Å². The number of amides is 2. The summed E-state index contributed by atoms with van der Waals surface area (Å²) in [6.07, 6.45) is 6.95. The lowest BCUT2D eigenvalue weighted by Crippen LogP contribution is -2.45. The fraction of sp³-hybridized carbons (Fsp3) is 0.650. The van der Waals surface area contributed by atoms with Gasteiger partial charge in [-0.05, 0) is 25.0 Å². The molecule has 0 saturated carbocycles. The van der Waals surface area contributed by atoms with Crippen molar-refractivity contribution in [3.05, 3.63) is 18.5 Å². The summed E-state index contributed by atoms with van der Waals surface area (Å²) >= 11 is 0. The lowest BCUT2D eigenvalue weighted by Gasteiger charge is -2.23. The Bertz CT molecular complexity index is 1040. The van der Waals surface area contributed by atoms with Crippen molar-refractivity contribution in [2.45, 2.75) is 57.7 Å². The van der Waals surface area contributed by atoms with Gasteiger partial charge in [0.2, 0.25) is 10.0 Å². The minimum atomic E-state index is -3.29. The molecule has 1 aliphatic heterocycles. The van der Waals surface area contributed by atoms with Crippen molar-refractivity contribution in [2.24, 2.45) is 0 Å². The highest BCUT2D eigenvalue weighted by molar-refractivity contribution is 7.88. The highest BCUT2D eigenvalue weighted by Crippen LogP contribution is 2.16. The maximum Gasteiger partial charge on any atom is 0.320 e. The number of anilines is 1. The van der Waals surface area contributed by atoms with Crippen molar-refractivity contribution >= 4 is 41.1 Å². The molecule has 2 N–H and O–H groups in total. The number of fused-ring (bicyclic) bond motifs is 1. The highest BCUT2D eigenvalue weighted by atomic mass is 32.2. The van der Waals surface area contributed by atoms with Crippen molar-refractivity contribution in [2.75, 3.05) is 31.3 Å². The third kappa shape index (κ3) is 7.25. The number of rotatable bonds is 8. The lowest BCUT2D eigenvalue weighted by molar-refractivity contribution is 0.0899. The van der Waals surface area contributed by atoms with Gasteiger partial charge in [-0.1, -0.05) is 26.1 Å². The number of urea groups is 1. The van der Waals surface area contributed by atoms with Crippen LogP contribution in [0.25, 0.3) is 11.2 Å². The normalized spacial score (nSPS) is 18.4. The van der Waals surface area contributed by atoms with Crippen molar-refractivity contribution in [3.63, 3.8) is 0 Å². The second kappa shape index (κ2) is 10.3. The predicted molar refractivity (Wildman–Crippen MR) is 128 cm³/mol. The Kier molecular flexibility index (Phi) is 7.91. The number of carbonyl (C=O) groups is 1. The first-order valence-corrected chi connectivity index (χ1v) is 16.5. The van der Waals surface area contributed by atoms with Crippen LogP contribution in [0.15, 0.2) is 18.5 Å². The van der Waals surface area contributed by atoms with Gasteiger partial charge in [0, 0.05) is 40.0 Å². The van der Waals surface area contributed by atoms with Crippen LogP contribution in [-0.4, -0.2) is 73.4 Å². The van der Waals surface area contributed by atoms with E-state index in [0.717, 1.165) is 31.9 Å². The van der Waals surface area contributed by atoms with Crippen molar-refractivity contribution in [1.82, 2.24) is 24.2 Å². The van der Waals surface area contributed by atoms with Gasteiger partial charge in [-0.3, -0.25) is 5.32 Å². The average Bonchev–Trinajstić information content (AvgIpc) is 2.91. The zero-order valence-electron chi connectivity index (χ0n) is 19.3. The van der Waals surface area contributed by atoms with Gasteiger partial charge in [0.05, 0.1) is 12.5 Å². The Morgan fingerprint density at radius 2 is 2.09 bits per heavy atom. The zero-order valence-corrected chi connectivity index (χ0v) is 21.1. The molecule has 0 bridgehead atoms. The summed E-state index contributed by atoms with van der Waals surface area (Å²) in [7, 11) is -4.42. The molecule has 1 saturated heterocycles. The van der Waals surface area contributed by atoms with Crippen LogP contribution < -0.4 is 10.6 Å². The van der Waals surface area contributed by atoms with Crippen LogP contribution in [0.1, 0.15) is 19.3 Å². The topological polar surface area (TPSA) is 118 Å². The molecule has 1 unspecified atom stereocenters. The number of carbonyl (C=O) groups excluding carboxylic acids is 1. The summed E-state index contributed by atoms with van der Waals surface area (Å²) in [6, 6.07) is 2.26. The van der Waals surface area contributed by atoms with Crippen LogP contribution in [0.5, 0.6) is 0 Å². The first kappa shape index (κ1) is 24.6. The smallest absolute Gasteiger partial charge is 0.320 e. The number of nitrogens with zero attached hydrogens (tertiary/aromatic N) is 4. The van der Waals surface area contributed by atoms with E-state index in [-0.39, 0.29) is 12.6 Å². The summed E-state index contributed by atoms with van der Waals surface area (Å²) < 4.78 is 32.9. The monoisotopic (exact) mass is 482 g/mol. The van der Waals surface area contributed by atoms with Gasteiger partial charge in [-0.2, -0.15) is 0 Å². The van der Waals surface area contributed by atoms with E-state index < -0.39 is 24.1 Å². The van der Waals surface area contributed by atoms with E-state index in [2.05, 4.69) is 40.2 Å². The predicted octanol–water partition coefficient (Wildman–Crippen LogP) is 2.68. The third-order valence-corrected chi connectivity index (χ3v) is 8.34. The van der Waals surface area contributed by atoms with Crippen molar-refractivity contribution in [1.29, 1.82) is 0 Å². The van der Waals surface area contributed by atoms with Crippen molar-refractivity contribution < 1.29 is 17.9 Å². The van der Waals surface area contributed by atoms with E-state index in [4.69, 9.17) is 4.74 Å². The summed E-state index contributed by atoms with van der Waals surface area (Å²) in [5.41, 5.74) is 1.35. The fourth-order valence-corrected chi connectivity index (χ4v) is 5.20. The van der Waals surface area contributed by atoms with Crippen LogP contribution in [0.3, 0.4) is 0 Å². The molecule has 10 nitrogen and oxygen atoms in total. The van der Waals surface area contributed by atoms with Gasteiger partial charge in [0.1, 0.15) is 12.2 Å². The van der Waals surface area contributed by atoms with E-state index in [9.17, 15) is 13.2 Å². The van der Waals surface area contributed by atoms with Gasteiger partial charge in [-0.25, -0.2) is 27.5 Å². The second-order valence-electron chi connectivity index (χ2n) is 9.51. The van der Waals surface area contributed by atoms with E-state index >= 15 is 0 Å². The summed E-state index contributed by atoms with van der Waals surface area (Å²) in [5, 5.41) is 5.57. The number of hydrogen-bond acceptors (Lipinski definition) is 6. The largest absolute Gasteiger partial charge is 0.361 e. The first-order chi connectivity index (χ1) is 15.0. The Balaban J connectivity index is 1.56. The van der Waals surface area contributed by atoms with E-state index in [0.29, 0.717) is 30.3 Å². The van der Waals surface area contributed by atoms with Crippen LogP contribution in [0.4, 0.5) is 10.6 Å². The number of sulfonamides is 1. The van der Waals surface area contributed by atoms with Gasteiger partial charge < -0.3 is 14.6 Å². The van der Waals surface area contributed by atoms with Gasteiger partial charge in [-0.15, -0.1) is 0 Å². The molecule has 32 heavy (non-hydrogen) atoms. The molecule has 1 atom stereocenters. The average molecular weight is 483 g/mol. The SMILES string of the molecule is C[Si](C)(C)CCOCn1ccc2nc(NC(=O)NC3CCCCN(S(C)(=O)=O)C3)cnc21. The van der Waals surface area contributed by atoms with Gasteiger partial charge in [0.15, 0.2) is 11.5 Å². The maximum atomic E-state index is 12.5. The molecule has 12 heteroatoms. The van der Waals surface area contributed by atoms with E-state index in [1.807, 2.05) is 16.8 Å². The molecule has 0 radical (unpaired) electrons. The molecule has 0 aliphatic carbocycles. The van der Waals surface area contributed by atoms with Crippen LogP contribution in [-0.2, 0) is 21.5 Å². The molecule has 178 valence electrons. The Labute approximate surface area is 190 Å². The van der Waals surface area contributed by atoms with Crippen molar-refractivity contribution in [3.8, 4) is 0 Å². The Morgan fingerprint density at radius 1 is 1.31 bits per heavy atom. The number of nitrogens with one attached hydrogen (secondary N) is 2. The molecule has 0 spiro atoms. The highest BCUT2D eigenvalue weighted by Gasteiger charge is 2.25. The molecule has 0 aromatic carbocycles. The molecule has 2 aromatic rings. The molecule has 1 aliphatic rings. The molecule has 2 amide bonds. The van der Waals surface area contributed by atoms with Crippen LogP contribution >= 0.6 is 0 Å². The number of ether oxygens (including phenoxy) is 1. The van der Waals surface area contributed by atoms with Gasteiger partial charge in [0.25, 0.3) is 0 Å². The third-order valence-electron chi connectivity index (χ3n) is 5.37. The Hall–Kier alpha value is -2.02. The van der Waals surface area contributed by atoms with E-state index in [1.54, 1.807) is 0 Å². The van der Waals surface area contributed by atoms with E-state index in [1.165, 1.54) is 16.8 Å². The Morgan fingerprint density at radius 3 is 2.81 bits per heavy atom. The molecular weight excluding hydrogens is 448 g/mol. The molecule has 3 heterocycles. The fourth-order valence-electron chi connectivity index (χ4n) is 3.53. The first-order valence-electron chi connectivity index (χ1n) is 10.9. The molecule has 3 rings (SSSR count). The molecule has 2 aromatic heterocycles. The summed E-state index contributed by atoms with van der Waals surface area (Å²) in [5.74, 6) is 0.334. The number of aromatic nitrogens is 3. The maximum absolute atomic E-state index is 12.5. The minimum Gasteiger partial charge on any atom is -0.361 e. The quantitative estimate of drug-likeness (QED) is 0.441. The summed E-state index contributed by atoms with van der Waals surface area (Å²) in [4.78, 5) is 21.4. The summed E-state index contributed by atoms with van der Waals surface area (Å²) in [6.45, 7) is 8.84. The van der Waals surface area contributed by atoms with Crippen LogP contribution in [0, 0.1) is 0 Å². The van der Waals surface area contributed by atoms with Crippen LogP contribution in [0.2, 0.25) is 25.7 Å². The zero-order chi connectivity index (χ0) is 23.4. The standard InChI is InChI=1S/C20H34N6O4SSi/c1-31(28,29)26-9-6-5-7-16(14-26)22-20(27)24-18-13-21-19-17(23-18)8-10-25(19)15-30-11-12-32(2,3)4/h8,10,13,16H,5-7,9,11-12,14-15H2,1-4H3,(H2,22,23,24,27). The second-order valence-corrected chi connectivity index (χ2v) is 17.1. The lowest BCUT2D eigenvalue weighted by atomic mass is 10.1. The molecule has 1 fully saturated rings. The number of hydrogen-bond donors (Lipinski definition) is 2. The molecular formula is C20H34N6O4SSi. The minimum absolute atomic E-state index is 0.252.